The van der Waals surface area contributed by atoms with Crippen LogP contribution < -0.4 is 0 Å². The molecule has 0 radical (unpaired) electrons. The second kappa shape index (κ2) is 6.52. The van der Waals surface area contributed by atoms with Crippen molar-refractivity contribution in [2.45, 2.75) is 25.1 Å². The molecule has 0 spiro atoms. The van der Waals surface area contributed by atoms with Crippen molar-refractivity contribution in [1.82, 2.24) is 9.21 Å². The summed E-state index contributed by atoms with van der Waals surface area (Å²) in [6.07, 6.45) is 0.828. The summed E-state index contributed by atoms with van der Waals surface area (Å²) >= 11 is 0. The van der Waals surface area contributed by atoms with Gasteiger partial charge in [-0.3, -0.25) is 4.79 Å². The van der Waals surface area contributed by atoms with Crippen LogP contribution in [0.15, 0.2) is 48.5 Å². The maximum atomic E-state index is 12.9. The molecule has 26 heavy (non-hydrogen) atoms. The molecule has 0 saturated carbocycles. The average Bonchev–Trinajstić information content (AvgIpc) is 2.63. The third kappa shape index (κ3) is 3.15. The minimum Gasteiger partial charge on any atom is -0.333 e. The highest BCUT2D eigenvalue weighted by atomic mass is 32.2. The van der Waals surface area contributed by atoms with Crippen LogP contribution in [0.2, 0.25) is 0 Å². The van der Waals surface area contributed by atoms with Gasteiger partial charge >= 0.3 is 0 Å². The third-order valence-corrected chi connectivity index (χ3v) is 7.05. The van der Waals surface area contributed by atoms with Gasteiger partial charge in [0.2, 0.25) is 15.9 Å². The Bertz CT molecular complexity index is 938. The number of rotatable bonds is 3. The highest BCUT2D eigenvalue weighted by molar-refractivity contribution is 7.88. The first-order chi connectivity index (χ1) is 12.4. The number of carbonyl (C=O) groups excluding carboxylic acids is 1. The fourth-order valence-corrected chi connectivity index (χ4v) is 5.32. The molecule has 1 atom stereocenters. The first-order valence-corrected chi connectivity index (χ1v) is 10.5. The summed E-state index contributed by atoms with van der Waals surface area (Å²) in [6.45, 7) is 2.90. The number of carbonyl (C=O) groups is 1. The molecule has 5 nitrogen and oxygen atoms in total. The lowest BCUT2D eigenvalue weighted by Crippen LogP contribution is -2.55. The molecule has 2 aliphatic heterocycles. The van der Waals surface area contributed by atoms with E-state index in [9.17, 15) is 13.2 Å². The van der Waals surface area contributed by atoms with Crippen LogP contribution >= 0.6 is 0 Å². The summed E-state index contributed by atoms with van der Waals surface area (Å²) in [4.78, 5) is 14.4. The smallest absolute Gasteiger partial charge is 0.238 e. The summed E-state index contributed by atoms with van der Waals surface area (Å²) in [5.41, 5.74) is 4.12. The summed E-state index contributed by atoms with van der Waals surface area (Å²) in [6, 6.07) is 15.3. The summed E-state index contributed by atoms with van der Waals surface area (Å²) in [5, 5.41) is 0. The van der Waals surface area contributed by atoms with Gasteiger partial charge in [-0.05, 0) is 30.0 Å². The Morgan fingerprint density at radius 1 is 1.08 bits per heavy atom. The van der Waals surface area contributed by atoms with Crippen LogP contribution in [0.1, 0.15) is 28.3 Å². The molecular weight excluding hydrogens is 348 g/mol. The fourth-order valence-electron chi connectivity index (χ4n) is 3.84. The number of hydrogen-bond acceptors (Lipinski definition) is 3. The van der Waals surface area contributed by atoms with E-state index in [1.807, 2.05) is 54.3 Å². The van der Waals surface area contributed by atoms with Crippen LogP contribution in [-0.2, 0) is 27.0 Å². The van der Waals surface area contributed by atoms with Crippen LogP contribution in [0.25, 0.3) is 0 Å². The first kappa shape index (κ1) is 17.2. The van der Waals surface area contributed by atoms with Gasteiger partial charge in [0.05, 0.1) is 18.3 Å². The first-order valence-electron chi connectivity index (χ1n) is 8.85. The Morgan fingerprint density at radius 3 is 2.58 bits per heavy atom. The molecule has 2 aromatic carbocycles. The maximum absolute atomic E-state index is 12.9. The number of sulfonamides is 1. The van der Waals surface area contributed by atoms with Gasteiger partial charge in [0.15, 0.2) is 0 Å². The predicted molar refractivity (Wildman–Crippen MR) is 100.0 cm³/mol. The number of fused-ring (bicyclic) bond motifs is 3. The van der Waals surface area contributed by atoms with Crippen molar-refractivity contribution in [2.75, 3.05) is 19.6 Å². The Kier molecular flexibility index (Phi) is 4.32. The van der Waals surface area contributed by atoms with E-state index < -0.39 is 10.0 Å². The standard InChI is InChI=1S/C20H22N2O3S/c1-15-6-8-16(9-7-15)14-26(24,25)21-12-19-18-5-3-2-4-17(18)10-11-22(19)20(23)13-21/h2-9,19H,10-14H2,1H3. The van der Waals surface area contributed by atoms with Gasteiger partial charge in [-0.1, -0.05) is 54.1 Å². The zero-order valence-electron chi connectivity index (χ0n) is 14.8. The number of piperazine rings is 1. The normalized spacial score (nSPS) is 20.6. The van der Waals surface area contributed by atoms with Crippen molar-refractivity contribution in [3.63, 3.8) is 0 Å². The number of hydrogen-bond donors (Lipinski definition) is 0. The van der Waals surface area contributed by atoms with Crippen molar-refractivity contribution >= 4 is 15.9 Å². The molecule has 0 aromatic heterocycles. The van der Waals surface area contributed by atoms with Gasteiger partial charge in [-0.2, -0.15) is 4.31 Å². The summed E-state index contributed by atoms with van der Waals surface area (Å²) in [5.74, 6) is -0.183. The molecule has 2 aliphatic rings. The Balaban J connectivity index is 1.60. The van der Waals surface area contributed by atoms with E-state index in [-0.39, 0.29) is 24.2 Å². The van der Waals surface area contributed by atoms with Crippen LogP contribution in [-0.4, -0.2) is 43.2 Å². The van der Waals surface area contributed by atoms with Gasteiger partial charge < -0.3 is 4.90 Å². The number of benzene rings is 2. The van der Waals surface area contributed by atoms with E-state index in [1.54, 1.807) is 0 Å². The van der Waals surface area contributed by atoms with Gasteiger partial charge in [0, 0.05) is 13.1 Å². The minimum absolute atomic E-state index is 0.0626. The van der Waals surface area contributed by atoms with Gasteiger partial charge in [0.1, 0.15) is 0 Å². The molecule has 2 heterocycles. The van der Waals surface area contributed by atoms with E-state index in [0.717, 1.165) is 23.1 Å². The molecule has 6 heteroatoms. The lowest BCUT2D eigenvalue weighted by molar-refractivity contribution is -0.138. The zero-order chi connectivity index (χ0) is 18.3. The molecule has 1 amide bonds. The van der Waals surface area contributed by atoms with E-state index in [1.165, 1.54) is 9.87 Å². The summed E-state index contributed by atoms with van der Waals surface area (Å²) in [7, 11) is -3.55. The molecule has 4 rings (SSSR count). The van der Waals surface area contributed by atoms with Crippen molar-refractivity contribution < 1.29 is 13.2 Å². The topological polar surface area (TPSA) is 57.7 Å². The van der Waals surface area contributed by atoms with Gasteiger partial charge in [-0.15, -0.1) is 0 Å². The molecule has 2 aromatic rings. The average molecular weight is 370 g/mol. The minimum atomic E-state index is -3.55. The summed E-state index contributed by atoms with van der Waals surface area (Å²) < 4.78 is 27.2. The number of nitrogens with zero attached hydrogens (tertiary/aromatic N) is 2. The second-order valence-electron chi connectivity index (χ2n) is 7.09. The monoisotopic (exact) mass is 370 g/mol. The Labute approximate surface area is 154 Å². The van der Waals surface area contributed by atoms with Crippen molar-refractivity contribution in [1.29, 1.82) is 0 Å². The fraction of sp³-hybridized carbons (Fsp3) is 0.350. The lowest BCUT2D eigenvalue weighted by atomic mass is 9.91. The van der Waals surface area contributed by atoms with E-state index in [0.29, 0.717) is 13.1 Å². The molecule has 1 saturated heterocycles. The highest BCUT2D eigenvalue weighted by Gasteiger charge is 2.40. The van der Waals surface area contributed by atoms with E-state index in [4.69, 9.17) is 0 Å². The molecule has 1 fully saturated rings. The van der Waals surface area contributed by atoms with Crippen molar-refractivity contribution in [3.05, 3.63) is 70.8 Å². The zero-order valence-corrected chi connectivity index (χ0v) is 15.6. The Hall–Kier alpha value is -2.18. The van der Waals surface area contributed by atoms with Crippen molar-refractivity contribution in [2.24, 2.45) is 0 Å². The van der Waals surface area contributed by atoms with Crippen LogP contribution in [0, 0.1) is 6.92 Å². The van der Waals surface area contributed by atoms with E-state index in [2.05, 4.69) is 6.07 Å². The predicted octanol–water partition coefficient (Wildman–Crippen LogP) is 2.27. The molecule has 0 bridgehead atoms. The molecule has 0 N–H and O–H groups in total. The lowest BCUT2D eigenvalue weighted by Gasteiger charge is -2.44. The molecule has 136 valence electrons. The van der Waals surface area contributed by atoms with Crippen LogP contribution in [0.4, 0.5) is 0 Å². The largest absolute Gasteiger partial charge is 0.333 e. The molecule has 0 aliphatic carbocycles. The number of amides is 1. The van der Waals surface area contributed by atoms with Crippen LogP contribution in [0.3, 0.4) is 0 Å². The second-order valence-corrected chi connectivity index (χ2v) is 9.05. The molecular formula is C20H22N2O3S. The molecule has 1 unspecified atom stereocenters. The van der Waals surface area contributed by atoms with Gasteiger partial charge in [-0.25, -0.2) is 8.42 Å². The number of aryl methyl sites for hydroxylation is 1. The highest BCUT2D eigenvalue weighted by Crippen LogP contribution is 2.34. The Morgan fingerprint density at radius 2 is 1.81 bits per heavy atom. The van der Waals surface area contributed by atoms with Crippen molar-refractivity contribution in [3.8, 4) is 0 Å². The van der Waals surface area contributed by atoms with E-state index >= 15 is 0 Å². The van der Waals surface area contributed by atoms with Gasteiger partial charge in [0.25, 0.3) is 0 Å². The quantitative estimate of drug-likeness (QED) is 0.833. The SMILES string of the molecule is Cc1ccc(CS(=O)(=O)N2CC(=O)N3CCc4ccccc4C3C2)cc1. The van der Waals surface area contributed by atoms with Crippen LogP contribution in [0.5, 0.6) is 0 Å². The third-order valence-electron chi connectivity index (χ3n) is 5.28. The maximum Gasteiger partial charge on any atom is 0.238 e.